The highest BCUT2D eigenvalue weighted by atomic mass is 16.5. The number of aromatic nitrogens is 1. The van der Waals surface area contributed by atoms with Crippen LogP contribution < -0.4 is 9.64 Å². The fourth-order valence-electron chi connectivity index (χ4n) is 4.07. The van der Waals surface area contributed by atoms with Crippen molar-refractivity contribution in [3.05, 3.63) is 90.3 Å². The number of pyridine rings is 1. The van der Waals surface area contributed by atoms with E-state index in [0.717, 1.165) is 26.1 Å². The molecule has 7 heteroatoms. The number of anilines is 1. The van der Waals surface area contributed by atoms with Crippen LogP contribution in [0.15, 0.2) is 79.1 Å². The summed E-state index contributed by atoms with van der Waals surface area (Å²) >= 11 is 0. The van der Waals surface area contributed by atoms with Crippen LogP contribution in [0.3, 0.4) is 0 Å². The Bertz CT molecular complexity index is 1070. The first-order chi connectivity index (χ1) is 16.6. The van der Waals surface area contributed by atoms with E-state index in [2.05, 4.69) is 9.88 Å². The zero-order chi connectivity index (χ0) is 23.8. The van der Waals surface area contributed by atoms with Crippen LogP contribution in [0, 0.1) is 0 Å². The van der Waals surface area contributed by atoms with Crippen molar-refractivity contribution >= 4 is 17.5 Å². The highest BCUT2D eigenvalue weighted by Crippen LogP contribution is 2.19. The number of rotatable bonds is 8. The van der Waals surface area contributed by atoms with Gasteiger partial charge in [0.2, 0.25) is 5.91 Å². The van der Waals surface area contributed by atoms with Crippen LogP contribution in [0.5, 0.6) is 5.75 Å². The number of benzene rings is 2. The molecular formula is C27H30N4O3. The van der Waals surface area contributed by atoms with E-state index in [-0.39, 0.29) is 18.4 Å². The molecule has 1 fully saturated rings. The molecule has 34 heavy (non-hydrogen) atoms. The molecule has 0 atom stereocenters. The molecule has 3 aromatic rings. The highest BCUT2D eigenvalue weighted by Gasteiger charge is 2.26. The summed E-state index contributed by atoms with van der Waals surface area (Å²) in [4.78, 5) is 36.4. The Morgan fingerprint density at radius 3 is 2.24 bits per heavy atom. The Morgan fingerprint density at radius 1 is 0.912 bits per heavy atom. The Hall–Kier alpha value is -3.71. The maximum atomic E-state index is 13.3. The highest BCUT2D eigenvalue weighted by molar-refractivity contribution is 6.08. The summed E-state index contributed by atoms with van der Waals surface area (Å²) in [5.74, 6) is 0.429. The fraction of sp³-hybridized carbons (Fsp3) is 0.296. The molecule has 1 aliphatic rings. The molecule has 0 unspecified atom stereocenters. The zero-order valence-electron chi connectivity index (χ0n) is 19.5. The second-order valence-electron chi connectivity index (χ2n) is 8.28. The third-order valence-corrected chi connectivity index (χ3v) is 6.13. The topological polar surface area (TPSA) is 66.0 Å². The van der Waals surface area contributed by atoms with Crippen LogP contribution in [0.4, 0.5) is 5.69 Å². The van der Waals surface area contributed by atoms with Gasteiger partial charge in [0.15, 0.2) is 0 Å². The van der Waals surface area contributed by atoms with Crippen LogP contribution in [-0.2, 0) is 11.2 Å². The van der Waals surface area contributed by atoms with Crippen LogP contribution in [0.2, 0.25) is 0 Å². The molecule has 176 valence electrons. The molecule has 0 radical (unpaired) electrons. The van der Waals surface area contributed by atoms with Gasteiger partial charge in [0.1, 0.15) is 12.3 Å². The molecule has 1 aliphatic heterocycles. The van der Waals surface area contributed by atoms with Crippen molar-refractivity contribution in [3.63, 3.8) is 0 Å². The number of methoxy groups -OCH3 is 1. The molecule has 0 aliphatic carbocycles. The van der Waals surface area contributed by atoms with Crippen LogP contribution in [0.1, 0.15) is 15.9 Å². The van der Waals surface area contributed by atoms with E-state index in [9.17, 15) is 9.59 Å². The summed E-state index contributed by atoms with van der Waals surface area (Å²) in [6, 6.07) is 20.4. The minimum absolute atomic E-state index is 0.00584. The Balaban J connectivity index is 1.37. The van der Waals surface area contributed by atoms with E-state index in [1.165, 1.54) is 5.56 Å². The number of hydrogen-bond donors (Lipinski definition) is 0. The van der Waals surface area contributed by atoms with Gasteiger partial charge in [-0.15, -0.1) is 0 Å². The normalized spacial score (nSPS) is 14.0. The lowest BCUT2D eigenvalue weighted by Crippen LogP contribution is -2.52. The van der Waals surface area contributed by atoms with Crippen molar-refractivity contribution in [2.24, 2.45) is 0 Å². The predicted octanol–water partition coefficient (Wildman–Crippen LogP) is 3.12. The lowest BCUT2D eigenvalue weighted by atomic mass is 10.1. The number of para-hydroxylation sites is 1. The molecule has 2 aromatic carbocycles. The summed E-state index contributed by atoms with van der Waals surface area (Å²) in [5.41, 5.74) is 2.48. The van der Waals surface area contributed by atoms with Gasteiger partial charge in [0.25, 0.3) is 5.91 Å². The number of carbonyl (C=O) groups excluding carboxylic acids is 2. The maximum absolute atomic E-state index is 13.3. The molecule has 2 heterocycles. The average molecular weight is 459 g/mol. The van der Waals surface area contributed by atoms with Gasteiger partial charge in [0, 0.05) is 56.4 Å². The van der Waals surface area contributed by atoms with Gasteiger partial charge in [-0.1, -0.05) is 18.2 Å². The molecule has 0 bridgehead atoms. The lowest BCUT2D eigenvalue weighted by Gasteiger charge is -2.36. The second-order valence-corrected chi connectivity index (χ2v) is 8.28. The molecule has 2 amide bonds. The molecule has 1 aromatic heterocycles. The van der Waals surface area contributed by atoms with Crippen LogP contribution >= 0.6 is 0 Å². The van der Waals surface area contributed by atoms with Gasteiger partial charge in [-0.05, 0) is 60.5 Å². The van der Waals surface area contributed by atoms with Crippen LogP contribution in [0.25, 0.3) is 0 Å². The summed E-state index contributed by atoms with van der Waals surface area (Å²) in [6.45, 7) is 3.94. The van der Waals surface area contributed by atoms with E-state index in [4.69, 9.17) is 4.74 Å². The van der Waals surface area contributed by atoms with Crippen molar-refractivity contribution in [1.82, 2.24) is 14.8 Å². The molecular weight excluding hydrogens is 428 g/mol. The second kappa shape index (κ2) is 11.4. The smallest absolute Gasteiger partial charge is 0.258 e. The van der Waals surface area contributed by atoms with Crippen molar-refractivity contribution in [3.8, 4) is 5.75 Å². The molecule has 0 spiro atoms. The van der Waals surface area contributed by atoms with Gasteiger partial charge >= 0.3 is 0 Å². The fourth-order valence-corrected chi connectivity index (χ4v) is 4.07. The Kier molecular flexibility index (Phi) is 7.88. The Labute approximate surface area is 200 Å². The van der Waals surface area contributed by atoms with Gasteiger partial charge in [-0.3, -0.25) is 24.4 Å². The zero-order valence-corrected chi connectivity index (χ0v) is 19.5. The van der Waals surface area contributed by atoms with E-state index in [1.54, 1.807) is 36.3 Å². The number of nitrogens with zero attached hydrogens (tertiary/aromatic N) is 4. The average Bonchev–Trinajstić information content (AvgIpc) is 2.91. The third kappa shape index (κ3) is 5.99. The number of amides is 2. The molecule has 4 rings (SSSR count). The maximum Gasteiger partial charge on any atom is 0.258 e. The predicted molar refractivity (Wildman–Crippen MR) is 132 cm³/mol. The van der Waals surface area contributed by atoms with E-state index in [1.807, 2.05) is 59.8 Å². The van der Waals surface area contributed by atoms with Gasteiger partial charge in [0.05, 0.1) is 7.11 Å². The molecule has 1 saturated heterocycles. The minimum atomic E-state index is -0.210. The molecule has 7 nitrogen and oxygen atoms in total. The van der Waals surface area contributed by atoms with E-state index >= 15 is 0 Å². The Morgan fingerprint density at radius 2 is 1.59 bits per heavy atom. The first kappa shape index (κ1) is 23.4. The van der Waals surface area contributed by atoms with E-state index in [0.29, 0.717) is 30.1 Å². The first-order valence-electron chi connectivity index (χ1n) is 11.5. The first-order valence-corrected chi connectivity index (χ1v) is 11.5. The van der Waals surface area contributed by atoms with Crippen molar-refractivity contribution in [2.45, 2.75) is 6.42 Å². The van der Waals surface area contributed by atoms with Crippen molar-refractivity contribution in [1.29, 1.82) is 0 Å². The monoisotopic (exact) mass is 458 g/mol. The lowest BCUT2D eigenvalue weighted by molar-refractivity contribution is -0.131. The van der Waals surface area contributed by atoms with Gasteiger partial charge < -0.3 is 9.64 Å². The number of ether oxygens (including phenoxy) is 1. The van der Waals surface area contributed by atoms with Crippen LogP contribution in [-0.4, -0.2) is 73.0 Å². The van der Waals surface area contributed by atoms with E-state index < -0.39 is 0 Å². The minimum Gasteiger partial charge on any atom is -0.497 e. The summed E-state index contributed by atoms with van der Waals surface area (Å²) in [6.07, 6.45) is 4.60. The number of piperazine rings is 1. The largest absolute Gasteiger partial charge is 0.497 e. The number of carbonyl (C=O) groups is 2. The SMILES string of the molecule is COc1ccc(C(=O)N(CC(=O)N2CCN(CCc3ccncc3)CC2)c2ccccc2)cc1. The summed E-state index contributed by atoms with van der Waals surface area (Å²) in [5, 5.41) is 0. The van der Waals surface area contributed by atoms with Crippen molar-refractivity contribution in [2.75, 3.05) is 51.3 Å². The standard InChI is InChI=1S/C27H30N4O3/c1-34-25-9-7-23(8-10-25)27(33)31(24-5-3-2-4-6-24)21-26(32)30-19-17-29(18-20-30)16-13-22-11-14-28-15-12-22/h2-12,14-15H,13,16-21H2,1H3. The van der Waals surface area contributed by atoms with Gasteiger partial charge in [-0.2, -0.15) is 0 Å². The van der Waals surface area contributed by atoms with Gasteiger partial charge in [-0.25, -0.2) is 0 Å². The van der Waals surface area contributed by atoms with Crippen molar-refractivity contribution < 1.29 is 14.3 Å². The summed E-state index contributed by atoms with van der Waals surface area (Å²) in [7, 11) is 1.59. The number of hydrogen-bond acceptors (Lipinski definition) is 5. The molecule has 0 N–H and O–H groups in total. The third-order valence-electron chi connectivity index (χ3n) is 6.13. The molecule has 0 saturated carbocycles. The quantitative estimate of drug-likeness (QED) is 0.519. The summed E-state index contributed by atoms with van der Waals surface area (Å²) < 4.78 is 5.20.